The fourth-order valence-corrected chi connectivity index (χ4v) is 9.22. The molecule has 0 bridgehead atoms. The summed E-state index contributed by atoms with van der Waals surface area (Å²) in [5.41, 5.74) is 4.37. The molecule has 1 heterocycles. The van der Waals surface area contributed by atoms with E-state index in [9.17, 15) is 14.7 Å². The summed E-state index contributed by atoms with van der Waals surface area (Å²) in [5.74, 6) is -0.151. The lowest BCUT2D eigenvalue weighted by molar-refractivity contribution is -0.330. The molecule has 77 heavy (non-hydrogen) atoms. The Balaban J connectivity index is 1.18. The van der Waals surface area contributed by atoms with Crippen LogP contribution in [0.25, 0.3) is 0 Å². The van der Waals surface area contributed by atoms with E-state index in [0.29, 0.717) is 26.0 Å². The van der Waals surface area contributed by atoms with Crippen LogP contribution in [0.5, 0.6) is 0 Å². The van der Waals surface area contributed by atoms with Crippen molar-refractivity contribution in [2.75, 3.05) is 19.8 Å². The molecule has 5 aromatic rings. The minimum Gasteiger partial charge on any atom is -0.444 e. The second-order valence-corrected chi connectivity index (χ2v) is 20.9. The molecule has 0 aliphatic carbocycles. The van der Waals surface area contributed by atoms with Crippen LogP contribution < -0.4 is 10.6 Å². The Morgan fingerprint density at radius 1 is 0.558 bits per heavy atom. The number of unbranched alkanes of at least 4 members (excludes halogenated alkanes) is 8. The summed E-state index contributed by atoms with van der Waals surface area (Å²) < 4.78 is 53.0. The van der Waals surface area contributed by atoms with Gasteiger partial charge in [-0.25, -0.2) is 4.79 Å². The van der Waals surface area contributed by atoms with E-state index >= 15 is 0 Å². The molecule has 8 atom stereocenters. The van der Waals surface area contributed by atoms with Crippen molar-refractivity contribution in [1.29, 1.82) is 0 Å². The fourth-order valence-electron chi connectivity index (χ4n) is 9.22. The molecular weight excluding hydrogens is 973 g/mol. The number of nitrogens with one attached hydrogen (secondary N) is 2. The molecule has 5 aromatic carbocycles. The zero-order chi connectivity index (χ0) is 54.3. The maximum atomic E-state index is 14.0. The summed E-state index contributed by atoms with van der Waals surface area (Å²) in [6, 6.07) is 48.9. The molecule has 13 heteroatoms. The van der Waals surface area contributed by atoms with Crippen LogP contribution in [0.1, 0.15) is 126 Å². The maximum absolute atomic E-state index is 14.0. The molecule has 0 spiro atoms. The predicted octanol–water partition coefficient (Wildman–Crippen LogP) is 12.0. The summed E-state index contributed by atoms with van der Waals surface area (Å²) in [7, 11) is 0. The van der Waals surface area contributed by atoms with Crippen molar-refractivity contribution in [3.05, 3.63) is 179 Å². The second-order valence-electron chi connectivity index (χ2n) is 20.9. The highest BCUT2D eigenvalue weighted by atomic mass is 16.7. The number of amides is 2. The average molecular weight is 1060 g/mol. The quantitative estimate of drug-likeness (QED) is 0.0333. The molecule has 1 fully saturated rings. The number of rotatable bonds is 35. The largest absolute Gasteiger partial charge is 0.444 e. The number of hydrogen-bond donors (Lipinski definition) is 3. The van der Waals surface area contributed by atoms with Gasteiger partial charge in [-0.1, -0.05) is 204 Å². The van der Waals surface area contributed by atoms with Gasteiger partial charge >= 0.3 is 6.09 Å². The van der Waals surface area contributed by atoms with Crippen LogP contribution >= 0.6 is 0 Å². The van der Waals surface area contributed by atoms with Gasteiger partial charge in [-0.05, 0) is 67.9 Å². The molecule has 2 amide bonds. The number of hydrogen-bond acceptors (Lipinski definition) is 11. The van der Waals surface area contributed by atoms with Gasteiger partial charge in [0.15, 0.2) is 6.29 Å². The first-order chi connectivity index (χ1) is 37.5. The Kier molecular flexibility index (Phi) is 27.1. The van der Waals surface area contributed by atoms with E-state index < -0.39 is 54.6 Å². The molecule has 6 rings (SSSR count). The molecule has 418 valence electrons. The zero-order valence-corrected chi connectivity index (χ0v) is 46.0. The van der Waals surface area contributed by atoms with E-state index in [1.54, 1.807) is 0 Å². The molecular formula is C64H86N2O11. The van der Waals surface area contributed by atoms with Gasteiger partial charge in [0.05, 0.1) is 58.4 Å². The van der Waals surface area contributed by atoms with Gasteiger partial charge in [0.25, 0.3) is 0 Å². The van der Waals surface area contributed by atoms with Gasteiger partial charge < -0.3 is 53.6 Å². The van der Waals surface area contributed by atoms with Crippen molar-refractivity contribution < 1.29 is 52.6 Å². The number of aliphatic hydroxyl groups excluding tert-OH is 1. The third-order valence-corrected chi connectivity index (χ3v) is 13.4. The highest BCUT2D eigenvalue weighted by Gasteiger charge is 2.49. The van der Waals surface area contributed by atoms with E-state index in [1.807, 2.05) is 179 Å². The van der Waals surface area contributed by atoms with Crippen LogP contribution in [0, 0.1) is 0 Å². The van der Waals surface area contributed by atoms with Crippen LogP contribution in [-0.2, 0) is 75.7 Å². The van der Waals surface area contributed by atoms with Crippen LogP contribution in [0.2, 0.25) is 0 Å². The van der Waals surface area contributed by atoms with Crippen molar-refractivity contribution >= 4 is 12.0 Å². The van der Waals surface area contributed by atoms with Crippen molar-refractivity contribution in [2.24, 2.45) is 0 Å². The van der Waals surface area contributed by atoms with Crippen molar-refractivity contribution in [2.45, 2.75) is 186 Å². The summed E-state index contributed by atoms with van der Waals surface area (Å²) in [6.07, 6.45) is 3.71. The van der Waals surface area contributed by atoms with Crippen LogP contribution in [0.15, 0.2) is 152 Å². The Hall–Kier alpha value is -5.48. The highest BCUT2D eigenvalue weighted by Crippen LogP contribution is 2.32. The van der Waals surface area contributed by atoms with Gasteiger partial charge in [0, 0.05) is 13.0 Å². The smallest absolute Gasteiger partial charge is 0.407 e. The van der Waals surface area contributed by atoms with E-state index in [4.69, 9.17) is 37.9 Å². The Labute approximate surface area is 458 Å². The first-order valence-electron chi connectivity index (χ1n) is 28.0. The molecule has 4 unspecified atom stereocenters. The van der Waals surface area contributed by atoms with Crippen LogP contribution in [-0.4, -0.2) is 91.4 Å². The molecule has 1 saturated heterocycles. The normalized spacial score (nSPS) is 18.7. The second kappa shape index (κ2) is 34.4. The number of ether oxygens (including phenoxy) is 8. The Morgan fingerprint density at radius 2 is 1.00 bits per heavy atom. The lowest BCUT2D eigenvalue weighted by Crippen LogP contribution is -2.62. The number of benzene rings is 5. The number of aliphatic hydroxyl groups is 1. The zero-order valence-electron chi connectivity index (χ0n) is 46.0. The molecule has 0 aromatic heterocycles. The monoisotopic (exact) mass is 1060 g/mol. The van der Waals surface area contributed by atoms with E-state index in [-0.39, 0.29) is 51.6 Å². The Morgan fingerprint density at radius 3 is 1.49 bits per heavy atom. The number of alkyl carbamates (subject to hydrolysis) is 1. The maximum Gasteiger partial charge on any atom is 0.407 e. The summed E-state index contributed by atoms with van der Waals surface area (Å²) in [5, 5.41) is 17.8. The van der Waals surface area contributed by atoms with Gasteiger partial charge in [-0.3, -0.25) is 4.79 Å². The van der Waals surface area contributed by atoms with E-state index in [2.05, 4.69) is 10.6 Å². The molecule has 1 aliphatic rings. The number of carbonyl (C=O) groups excluding carboxylic acids is 2. The third-order valence-electron chi connectivity index (χ3n) is 13.4. The topological polar surface area (TPSA) is 152 Å². The minimum atomic E-state index is -1.04. The minimum absolute atomic E-state index is 0.0757. The van der Waals surface area contributed by atoms with Gasteiger partial charge in [-0.2, -0.15) is 0 Å². The summed E-state index contributed by atoms with van der Waals surface area (Å²) in [6.45, 7) is 9.51. The first kappa shape index (κ1) is 60.7. The van der Waals surface area contributed by atoms with Gasteiger partial charge in [0.1, 0.15) is 36.1 Å². The van der Waals surface area contributed by atoms with Crippen LogP contribution in [0.3, 0.4) is 0 Å². The lowest BCUT2D eigenvalue weighted by atomic mass is 9.97. The number of carbonyl (C=O) groups is 2. The van der Waals surface area contributed by atoms with Crippen molar-refractivity contribution in [3.8, 4) is 0 Å². The molecule has 13 nitrogen and oxygen atoms in total. The van der Waals surface area contributed by atoms with E-state index in [1.165, 1.54) is 0 Å². The van der Waals surface area contributed by atoms with Gasteiger partial charge in [-0.15, -0.1) is 0 Å². The molecule has 1 aliphatic heterocycles. The summed E-state index contributed by atoms with van der Waals surface area (Å²) in [4.78, 5) is 25.9. The predicted molar refractivity (Wildman–Crippen MR) is 299 cm³/mol. The van der Waals surface area contributed by atoms with E-state index in [0.717, 1.165) is 85.6 Å². The fraction of sp³-hybridized carbons (Fsp3) is 0.500. The molecule has 0 radical (unpaired) electrons. The van der Waals surface area contributed by atoms with Crippen molar-refractivity contribution in [3.63, 3.8) is 0 Å². The van der Waals surface area contributed by atoms with Crippen LogP contribution in [0.4, 0.5) is 4.79 Å². The van der Waals surface area contributed by atoms with Gasteiger partial charge in [0.2, 0.25) is 5.91 Å². The average Bonchev–Trinajstić information content (AvgIpc) is 3.46. The Bertz CT molecular complexity index is 2320. The first-order valence-corrected chi connectivity index (χ1v) is 28.0. The standard InChI is InChI=1S/C64H86N2O11/c1-5-55(67)58(71-43-50-32-20-14-21-33-50)54(66-57(68)40-28-11-9-7-6-8-10-12-29-41-65-63(69)77-64(2,3)4)47-75-62-61(74-46-53-38-26-17-27-39-53)60(73-45-52-36-24-16-25-37-52)59(72-44-51-34-22-15-23-35-51)56(76-62)48-70-42-49-30-18-13-19-31-49/h13-27,30-39,54-56,58-62,67H,5-12,28-29,40-48H2,1-4H3,(H,65,69)(H,66,68)/t54-,55+,56?,58?,59-,60?,61?,62-/m0/s1. The lowest BCUT2D eigenvalue weighted by Gasteiger charge is -2.46. The SMILES string of the molecule is CC[C@@H](O)C(OCc1ccccc1)[C@H](CO[C@H]1OC(COCc2ccccc2)[C@H](OCc2ccccc2)C(OCc2ccccc2)C1OCc1ccccc1)NC(=O)CCCCCCCCCCCNC(=O)OC(C)(C)C. The summed E-state index contributed by atoms with van der Waals surface area (Å²) >= 11 is 0. The highest BCUT2D eigenvalue weighted by molar-refractivity contribution is 5.76. The molecule has 0 saturated carbocycles. The third kappa shape index (κ3) is 23.2. The molecule has 3 N–H and O–H groups in total. The van der Waals surface area contributed by atoms with Crippen molar-refractivity contribution in [1.82, 2.24) is 10.6 Å².